The van der Waals surface area contributed by atoms with Gasteiger partial charge in [-0.15, -0.1) is 0 Å². The van der Waals surface area contributed by atoms with Crippen LogP contribution in [0.25, 0.3) is 5.57 Å². The molecule has 0 atom stereocenters. The number of benzene rings is 3. The molecule has 0 unspecified atom stereocenters. The second-order valence-corrected chi connectivity index (χ2v) is 7.45. The van der Waals surface area contributed by atoms with Crippen LogP contribution in [0.3, 0.4) is 0 Å². The Morgan fingerprint density at radius 2 is 1.36 bits per heavy atom. The lowest BCUT2D eigenvalue weighted by atomic mass is 10.0. The number of carbonyl (C=O) groups excluding carboxylic acids is 2. The van der Waals surface area contributed by atoms with E-state index in [0.717, 1.165) is 10.5 Å². The number of ether oxygens (including phenoxy) is 3. The maximum atomic E-state index is 13.6. The molecule has 0 aliphatic carbocycles. The monoisotopic (exact) mass is 444 g/mol. The summed E-state index contributed by atoms with van der Waals surface area (Å²) in [5.74, 6) is 0.835. The van der Waals surface area contributed by atoms with Crippen LogP contribution in [-0.2, 0) is 9.59 Å². The Morgan fingerprint density at radius 1 is 0.727 bits per heavy atom. The maximum absolute atomic E-state index is 13.6. The number of nitrogens with one attached hydrogen (secondary N) is 1. The van der Waals surface area contributed by atoms with E-state index in [2.05, 4.69) is 5.32 Å². The van der Waals surface area contributed by atoms with Crippen molar-refractivity contribution in [2.24, 2.45) is 0 Å². The number of hydrogen-bond acceptors (Lipinski definition) is 6. The summed E-state index contributed by atoms with van der Waals surface area (Å²) in [6, 6.07) is 19.4. The van der Waals surface area contributed by atoms with Gasteiger partial charge in [0.1, 0.15) is 22.9 Å². The first-order valence-electron chi connectivity index (χ1n) is 10.3. The van der Waals surface area contributed by atoms with E-state index in [1.807, 2.05) is 31.2 Å². The number of imide groups is 1. The van der Waals surface area contributed by atoms with Crippen LogP contribution in [0.1, 0.15) is 11.1 Å². The molecule has 0 spiro atoms. The van der Waals surface area contributed by atoms with Crippen LogP contribution >= 0.6 is 0 Å². The maximum Gasteiger partial charge on any atom is 0.282 e. The Kier molecular flexibility index (Phi) is 6.04. The molecule has 0 saturated carbocycles. The van der Waals surface area contributed by atoms with Gasteiger partial charge in [-0.1, -0.05) is 29.8 Å². The fraction of sp³-hybridized carbons (Fsp3) is 0.154. The van der Waals surface area contributed by atoms with Crippen LogP contribution in [0, 0.1) is 6.92 Å². The molecule has 33 heavy (non-hydrogen) atoms. The van der Waals surface area contributed by atoms with Crippen LogP contribution in [0.2, 0.25) is 0 Å². The summed E-state index contributed by atoms with van der Waals surface area (Å²) in [6.07, 6.45) is 0. The molecule has 3 aromatic rings. The molecule has 7 nitrogen and oxygen atoms in total. The fourth-order valence-corrected chi connectivity index (χ4v) is 3.65. The van der Waals surface area contributed by atoms with Gasteiger partial charge in [0.05, 0.1) is 38.3 Å². The first-order valence-corrected chi connectivity index (χ1v) is 10.3. The van der Waals surface area contributed by atoms with Gasteiger partial charge in [-0.05, 0) is 48.9 Å². The molecule has 0 aromatic heterocycles. The smallest absolute Gasteiger partial charge is 0.282 e. The van der Waals surface area contributed by atoms with Crippen molar-refractivity contribution < 1.29 is 23.8 Å². The first kappa shape index (κ1) is 22.0. The molecule has 0 fully saturated rings. The summed E-state index contributed by atoms with van der Waals surface area (Å²) in [5.41, 5.74) is 3.08. The Balaban J connectivity index is 1.83. The van der Waals surface area contributed by atoms with Crippen LogP contribution in [0.4, 0.5) is 11.4 Å². The quantitative estimate of drug-likeness (QED) is 0.544. The summed E-state index contributed by atoms with van der Waals surface area (Å²) in [4.78, 5) is 28.3. The minimum Gasteiger partial charge on any atom is -0.497 e. The number of methoxy groups -OCH3 is 3. The third kappa shape index (κ3) is 4.13. The van der Waals surface area contributed by atoms with E-state index in [0.29, 0.717) is 34.2 Å². The highest BCUT2D eigenvalue weighted by atomic mass is 16.5. The number of carbonyl (C=O) groups is 2. The molecule has 1 N–H and O–H groups in total. The van der Waals surface area contributed by atoms with Gasteiger partial charge in [-0.2, -0.15) is 0 Å². The first-order chi connectivity index (χ1) is 16.0. The number of anilines is 2. The molecule has 7 heteroatoms. The molecular weight excluding hydrogens is 420 g/mol. The number of hydrogen-bond donors (Lipinski definition) is 1. The molecule has 4 rings (SSSR count). The van der Waals surface area contributed by atoms with Crippen molar-refractivity contribution >= 4 is 28.8 Å². The van der Waals surface area contributed by atoms with E-state index in [1.165, 1.54) is 7.11 Å². The van der Waals surface area contributed by atoms with Crippen LogP contribution < -0.4 is 24.4 Å². The number of nitrogens with zero attached hydrogens (tertiary/aromatic N) is 1. The van der Waals surface area contributed by atoms with Gasteiger partial charge in [0.15, 0.2) is 0 Å². The van der Waals surface area contributed by atoms with Crippen molar-refractivity contribution in [2.75, 3.05) is 31.5 Å². The number of aryl methyl sites for hydroxylation is 1. The van der Waals surface area contributed by atoms with Gasteiger partial charge in [0.2, 0.25) is 0 Å². The summed E-state index contributed by atoms with van der Waals surface area (Å²) in [6.45, 7) is 1.96. The summed E-state index contributed by atoms with van der Waals surface area (Å²) in [5, 5.41) is 3.14. The topological polar surface area (TPSA) is 77.1 Å². The van der Waals surface area contributed by atoms with E-state index < -0.39 is 11.8 Å². The summed E-state index contributed by atoms with van der Waals surface area (Å²) < 4.78 is 16.0. The highest BCUT2D eigenvalue weighted by molar-refractivity contribution is 6.46. The summed E-state index contributed by atoms with van der Waals surface area (Å²) >= 11 is 0. The predicted molar refractivity (Wildman–Crippen MR) is 127 cm³/mol. The Morgan fingerprint density at radius 3 is 1.97 bits per heavy atom. The van der Waals surface area contributed by atoms with Crippen LogP contribution in [-0.4, -0.2) is 33.1 Å². The Hall–Kier alpha value is -4.26. The molecule has 0 saturated heterocycles. The average molecular weight is 444 g/mol. The van der Waals surface area contributed by atoms with Crippen molar-refractivity contribution in [1.82, 2.24) is 0 Å². The van der Waals surface area contributed by atoms with Crippen LogP contribution in [0.5, 0.6) is 17.2 Å². The lowest BCUT2D eigenvalue weighted by molar-refractivity contribution is -0.120. The van der Waals surface area contributed by atoms with Crippen molar-refractivity contribution in [1.29, 1.82) is 0 Å². The molecule has 2 amide bonds. The normalized spacial score (nSPS) is 13.4. The molecule has 0 radical (unpaired) electrons. The van der Waals surface area contributed by atoms with Gasteiger partial charge < -0.3 is 19.5 Å². The predicted octanol–water partition coefficient (Wildman–Crippen LogP) is 4.42. The highest BCUT2D eigenvalue weighted by Gasteiger charge is 2.40. The zero-order chi connectivity index (χ0) is 23.5. The second kappa shape index (κ2) is 9.08. The molecule has 1 heterocycles. The largest absolute Gasteiger partial charge is 0.497 e. The van der Waals surface area contributed by atoms with Crippen LogP contribution in [0.15, 0.2) is 72.4 Å². The minimum atomic E-state index is -0.467. The van der Waals surface area contributed by atoms with Crippen molar-refractivity contribution in [3.63, 3.8) is 0 Å². The van der Waals surface area contributed by atoms with E-state index >= 15 is 0 Å². The van der Waals surface area contributed by atoms with E-state index in [4.69, 9.17) is 14.2 Å². The fourth-order valence-electron chi connectivity index (χ4n) is 3.65. The van der Waals surface area contributed by atoms with E-state index in [9.17, 15) is 9.59 Å². The van der Waals surface area contributed by atoms with Crippen molar-refractivity contribution in [3.05, 3.63) is 83.6 Å². The molecule has 0 bridgehead atoms. The average Bonchev–Trinajstić information content (AvgIpc) is 3.08. The van der Waals surface area contributed by atoms with Gasteiger partial charge >= 0.3 is 0 Å². The minimum absolute atomic E-state index is 0.159. The zero-order valence-corrected chi connectivity index (χ0v) is 18.8. The zero-order valence-electron chi connectivity index (χ0n) is 18.8. The SMILES string of the molecule is COc1ccc(N2C(=O)C(Nc3cc(OC)ccc3OC)=C(c3ccc(C)cc3)C2=O)cc1. The molecule has 1 aliphatic rings. The molecule has 1 aliphatic heterocycles. The lowest BCUT2D eigenvalue weighted by Crippen LogP contribution is -2.32. The number of rotatable bonds is 7. The highest BCUT2D eigenvalue weighted by Crippen LogP contribution is 2.37. The lowest BCUT2D eigenvalue weighted by Gasteiger charge is -2.16. The van der Waals surface area contributed by atoms with Crippen molar-refractivity contribution in [3.8, 4) is 17.2 Å². The van der Waals surface area contributed by atoms with E-state index in [-0.39, 0.29) is 11.3 Å². The standard InChI is InChI=1S/C26H24N2O5/c1-16-5-7-17(8-6-16)23-24(27-21-15-20(32-3)13-14-22(21)33-4)26(30)28(25(23)29)18-9-11-19(31-2)12-10-18/h5-15,27H,1-4H3. The second-order valence-electron chi connectivity index (χ2n) is 7.45. The summed E-state index contributed by atoms with van der Waals surface area (Å²) in [7, 11) is 4.65. The Labute approximate surface area is 192 Å². The third-order valence-corrected chi connectivity index (χ3v) is 5.42. The van der Waals surface area contributed by atoms with Gasteiger partial charge in [-0.3, -0.25) is 9.59 Å². The third-order valence-electron chi connectivity index (χ3n) is 5.42. The van der Waals surface area contributed by atoms with Gasteiger partial charge in [0.25, 0.3) is 11.8 Å². The van der Waals surface area contributed by atoms with E-state index in [1.54, 1.807) is 56.7 Å². The molecular formula is C26H24N2O5. The van der Waals surface area contributed by atoms with Gasteiger partial charge in [0, 0.05) is 6.07 Å². The van der Waals surface area contributed by atoms with Gasteiger partial charge in [-0.25, -0.2) is 4.90 Å². The Bertz CT molecular complexity index is 1230. The molecule has 3 aromatic carbocycles. The van der Waals surface area contributed by atoms with Crippen molar-refractivity contribution in [2.45, 2.75) is 6.92 Å². The molecule has 168 valence electrons. The number of amides is 2.